The van der Waals surface area contributed by atoms with Gasteiger partial charge in [-0.2, -0.15) is 0 Å². The van der Waals surface area contributed by atoms with Crippen LogP contribution in [-0.2, 0) is 4.74 Å². The van der Waals surface area contributed by atoms with E-state index in [1.54, 1.807) is 0 Å². The lowest BCUT2D eigenvalue weighted by Crippen LogP contribution is -2.32. The summed E-state index contributed by atoms with van der Waals surface area (Å²) in [4.78, 5) is 22.4. The molecule has 1 aromatic carbocycles. The molecular formula is C13H18N4O4. The highest BCUT2D eigenvalue weighted by Gasteiger charge is 2.18. The van der Waals surface area contributed by atoms with Crippen LogP contribution in [0.25, 0.3) is 0 Å². The Hall–Kier alpha value is -2.19. The largest absolute Gasteiger partial charge is 0.381 e. The average molecular weight is 294 g/mol. The van der Waals surface area contributed by atoms with Crippen molar-refractivity contribution >= 4 is 17.3 Å². The summed E-state index contributed by atoms with van der Waals surface area (Å²) in [5, 5.41) is 13.7. The summed E-state index contributed by atoms with van der Waals surface area (Å²) in [5.74, 6) is 5.27. The van der Waals surface area contributed by atoms with E-state index in [0.717, 1.165) is 12.8 Å². The molecule has 8 nitrogen and oxygen atoms in total. The number of hydrogen-bond donors (Lipinski definition) is 3. The second-order valence-electron chi connectivity index (χ2n) is 4.90. The topological polar surface area (TPSA) is 120 Å². The van der Waals surface area contributed by atoms with E-state index in [0.29, 0.717) is 25.7 Å². The van der Waals surface area contributed by atoms with Gasteiger partial charge in [0.25, 0.3) is 11.6 Å². The van der Waals surface area contributed by atoms with Crippen molar-refractivity contribution in [2.45, 2.75) is 12.8 Å². The highest BCUT2D eigenvalue weighted by Crippen LogP contribution is 2.24. The Balaban J connectivity index is 2.01. The lowest BCUT2D eigenvalue weighted by Gasteiger charge is -2.22. The SMILES string of the molecule is NNc1ccc(C(=O)NCC2CCOCC2)cc1[N+](=O)[O-]. The summed E-state index contributed by atoms with van der Waals surface area (Å²) >= 11 is 0. The van der Waals surface area contributed by atoms with Gasteiger partial charge in [-0.15, -0.1) is 0 Å². The van der Waals surface area contributed by atoms with Gasteiger partial charge in [0.05, 0.1) is 4.92 Å². The minimum absolute atomic E-state index is 0.168. The fourth-order valence-electron chi connectivity index (χ4n) is 2.24. The van der Waals surface area contributed by atoms with Crippen molar-refractivity contribution in [1.82, 2.24) is 5.32 Å². The van der Waals surface area contributed by atoms with Crippen molar-refractivity contribution in [1.29, 1.82) is 0 Å². The van der Waals surface area contributed by atoms with Crippen LogP contribution in [0.1, 0.15) is 23.2 Å². The summed E-state index contributed by atoms with van der Waals surface area (Å²) in [6.07, 6.45) is 1.83. The smallest absolute Gasteiger partial charge is 0.294 e. The minimum atomic E-state index is -0.579. The molecule has 0 radical (unpaired) electrons. The van der Waals surface area contributed by atoms with Gasteiger partial charge in [0.2, 0.25) is 0 Å². The summed E-state index contributed by atoms with van der Waals surface area (Å²) in [6.45, 7) is 1.97. The van der Waals surface area contributed by atoms with Crippen LogP contribution in [0, 0.1) is 16.0 Å². The molecule has 0 aliphatic carbocycles. The second kappa shape index (κ2) is 7.00. The molecule has 1 heterocycles. The van der Waals surface area contributed by atoms with Gasteiger partial charge in [-0.1, -0.05) is 0 Å². The van der Waals surface area contributed by atoms with Gasteiger partial charge in [0.15, 0.2) is 0 Å². The lowest BCUT2D eigenvalue weighted by molar-refractivity contribution is -0.384. The number of carbonyl (C=O) groups excluding carboxylic acids is 1. The number of nitrogens with two attached hydrogens (primary N) is 1. The van der Waals surface area contributed by atoms with Crippen LogP contribution in [0.3, 0.4) is 0 Å². The summed E-state index contributed by atoms with van der Waals surface area (Å²) in [7, 11) is 0. The number of benzene rings is 1. The number of anilines is 1. The van der Waals surface area contributed by atoms with E-state index >= 15 is 0 Å². The second-order valence-corrected chi connectivity index (χ2v) is 4.90. The zero-order valence-electron chi connectivity index (χ0n) is 11.5. The van der Waals surface area contributed by atoms with Gasteiger partial charge in [-0.3, -0.25) is 20.8 Å². The Morgan fingerprint density at radius 1 is 1.43 bits per heavy atom. The zero-order chi connectivity index (χ0) is 15.2. The van der Waals surface area contributed by atoms with E-state index < -0.39 is 4.92 Å². The number of nitrogens with one attached hydrogen (secondary N) is 2. The van der Waals surface area contributed by atoms with E-state index in [9.17, 15) is 14.9 Å². The van der Waals surface area contributed by atoms with Gasteiger partial charge in [-0.05, 0) is 30.9 Å². The molecule has 1 fully saturated rings. The third-order valence-electron chi connectivity index (χ3n) is 3.50. The van der Waals surface area contributed by atoms with Gasteiger partial charge in [0, 0.05) is 31.4 Å². The first kappa shape index (κ1) is 15.2. The molecule has 1 aliphatic heterocycles. The molecule has 0 spiro atoms. The number of nitrogens with zero attached hydrogens (tertiary/aromatic N) is 1. The fourth-order valence-corrected chi connectivity index (χ4v) is 2.24. The maximum absolute atomic E-state index is 12.0. The quantitative estimate of drug-likeness (QED) is 0.424. The Kier molecular flexibility index (Phi) is 5.07. The van der Waals surface area contributed by atoms with Crippen LogP contribution in [0.5, 0.6) is 0 Å². The van der Waals surface area contributed by atoms with Crippen LogP contribution in [0.2, 0.25) is 0 Å². The van der Waals surface area contributed by atoms with Crippen molar-refractivity contribution in [2.24, 2.45) is 11.8 Å². The standard InChI is InChI=1S/C13H18N4O4/c14-16-11-2-1-10(7-12(11)17(19)20)13(18)15-8-9-3-5-21-6-4-9/h1-2,7,9,16H,3-6,8,14H2,(H,15,18). The highest BCUT2D eigenvalue weighted by molar-refractivity contribution is 5.95. The van der Waals surface area contributed by atoms with E-state index in [4.69, 9.17) is 10.6 Å². The molecule has 1 aliphatic rings. The molecule has 2 rings (SSSR count). The number of amides is 1. The van der Waals surface area contributed by atoms with Crippen molar-refractivity contribution in [2.75, 3.05) is 25.2 Å². The molecule has 8 heteroatoms. The van der Waals surface area contributed by atoms with Gasteiger partial charge >= 0.3 is 0 Å². The van der Waals surface area contributed by atoms with E-state index in [-0.39, 0.29) is 22.8 Å². The van der Waals surface area contributed by atoms with E-state index in [2.05, 4.69) is 10.7 Å². The number of hydrazine groups is 1. The molecule has 0 atom stereocenters. The van der Waals surface area contributed by atoms with Crippen LogP contribution >= 0.6 is 0 Å². The molecule has 0 unspecified atom stereocenters. The van der Waals surface area contributed by atoms with Crippen LogP contribution in [0.4, 0.5) is 11.4 Å². The summed E-state index contributed by atoms with van der Waals surface area (Å²) in [6, 6.07) is 4.14. The van der Waals surface area contributed by atoms with Gasteiger partial charge in [-0.25, -0.2) is 0 Å². The average Bonchev–Trinajstić information content (AvgIpc) is 2.52. The monoisotopic (exact) mass is 294 g/mol. The Morgan fingerprint density at radius 2 is 2.14 bits per heavy atom. The van der Waals surface area contributed by atoms with Gasteiger partial charge < -0.3 is 15.5 Å². The van der Waals surface area contributed by atoms with Crippen molar-refractivity contribution in [3.63, 3.8) is 0 Å². The van der Waals surface area contributed by atoms with Crippen molar-refractivity contribution < 1.29 is 14.5 Å². The maximum atomic E-state index is 12.0. The van der Waals surface area contributed by atoms with Gasteiger partial charge in [0.1, 0.15) is 5.69 Å². The highest BCUT2D eigenvalue weighted by atomic mass is 16.6. The number of nitro benzene ring substituents is 1. The molecule has 114 valence electrons. The van der Waals surface area contributed by atoms with Crippen LogP contribution in [0.15, 0.2) is 18.2 Å². The molecule has 1 saturated heterocycles. The lowest BCUT2D eigenvalue weighted by atomic mass is 10.0. The normalized spacial score (nSPS) is 15.5. The maximum Gasteiger partial charge on any atom is 0.294 e. The first-order valence-electron chi connectivity index (χ1n) is 6.73. The summed E-state index contributed by atoms with van der Waals surface area (Å²) < 4.78 is 5.25. The molecule has 21 heavy (non-hydrogen) atoms. The zero-order valence-corrected chi connectivity index (χ0v) is 11.5. The molecule has 0 bridgehead atoms. The predicted octanol–water partition coefficient (Wildman–Crippen LogP) is 1.04. The molecule has 0 saturated carbocycles. The third-order valence-corrected chi connectivity index (χ3v) is 3.50. The van der Waals surface area contributed by atoms with E-state index in [1.807, 2.05) is 0 Å². The number of nitrogen functional groups attached to an aromatic ring is 1. The molecule has 4 N–H and O–H groups in total. The number of nitro groups is 1. The number of hydrogen-bond acceptors (Lipinski definition) is 6. The Bertz CT molecular complexity index is 529. The first-order chi connectivity index (χ1) is 10.1. The minimum Gasteiger partial charge on any atom is -0.381 e. The fraction of sp³-hybridized carbons (Fsp3) is 0.462. The molecule has 1 amide bonds. The predicted molar refractivity (Wildman–Crippen MR) is 76.8 cm³/mol. The third kappa shape index (κ3) is 3.89. The van der Waals surface area contributed by atoms with Crippen molar-refractivity contribution in [3.05, 3.63) is 33.9 Å². The Morgan fingerprint density at radius 3 is 2.76 bits per heavy atom. The number of ether oxygens (including phenoxy) is 1. The Labute approximate surface area is 121 Å². The molecule has 0 aromatic heterocycles. The molecular weight excluding hydrogens is 276 g/mol. The van der Waals surface area contributed by atoms with E-state index in [1.165, 1.54) is 18.2 Å². The number of rotatable bonds is 5. The van der Waals surface area contributed by atoms with Crippen molar-refractivity contribution in [3.8, 4) is 0 Å². The van der Waals surface area contributed by atoms with Crippen LogP contribution in [-0.4, -0.2) is 30.6 Å². The van der Waals surface area contributed by atoms with Crippen LogP contribution < -0.4 is 16.6 Å². The first-order valence-corrected chi connectivity index (χ1v) is 6.73. The number of carbonyl (C=O) groups is 1. The molecule has 1 aromatic rings. The summed E-state index contributed by atoms with van der Waals surface area (Å²) in [5.41, 5.74) is 2.42.